The first-order valence-electron chi connectivity index (χ1n) is 7.87. The number of nitrogens with two attached hydrogens (primary N) is 1. The van der Waals surface area contributed by atoms with Crippen molar-refractivity contribution >= 4 is 5.91 Å². The van der Waals surface area contributed by atoms with E-state index >= 15 is 0 Å². The molecule has 24 heavy (non-hydrogen) atoms. The quantitative estimate of drug-likeness (QED) is 0.759. The van der Waals surface area contributed by atoms with Crippen molar-refractivity contribution in [2.24, 2.45) is 5.73 Å². The molecule has 0 saturated carbocycles. The minimum atomic E-state index is -0.120. The Hall–Kier alpha value is -2.92. The monoisotopic (exact) mass is 320 g/mol. The van der Waals surface area contributed by atoms with E-state index < -0.39 is 0 Å². The summed E-state index contributed by atoms with van der Waals surface area (Å²) in [7, 11) is 0. The Bertz CT molecular complexity index is 826. The summed E-state index contributed by atoms with van der Waals surface area (Å²) in [4.78, 5) is 17.0. The molecule has 1 heterocycles. The predicted octanol–water partition coefficient (Wildman–Crippen LogP) is 2.82. The van der Waals surface area contributed by atoms with Crippen molar-refractivity contribution in [3.63, 3.8) is 0 Å². The molecular weight excluding hydrogens is 300 g/mol. The lowest BCUT2D eigenvalue weighted by atomic mass is 10.1. The van der Waals surface area contributed by atoms with Gasteiger partial charge in [0.05, 0.1) is 29.3 Å². The van der Waals surface area contributed by atoms with Crippen LogP contribution in [0.4, 0.5) is 0 Å². The average Bonchev–Trinajstić information content (AvgIpc) is 3.11. The molecule has 1 aromatic heterocycles. The second-order valence-corrected chi connectivity index (χ2v) is 5.60. The normalized spacial score (nSPS) is 11.9. The number of amides is 1. The number of hydrogen-bond donors (Lipinski definition) is 2. The molecule has 0 aliphatic rings. The summed E-state index contributed by atoms with van der Waals surface area (Å²) in [6, 6.07) is 17.3. The maximum Gasteiger partial charge on any atom is 0.253 e. The van der Waals surface area contributed by atoms with Crippen molar-refractivity contribution in [2.45, 2.75) is 19.5 Å². The van der Waals surface area contributed by atoms with Gasteiger partial charge in [-0.1, -0.05) is 42.5 Å². The van der Waals surface area contributed by atoms with Crippen molar-refractivity contribution in [1.29, 1.82) is 0 Å². The number of aromatic nitrogens is 2. The van der Waals surface area contributed by atoms with Crippen LogP contribution in [0.5, 0.6) is 0 Å². The highest BCUT2D eigenvalue weighted by molar-refractivity contribution is 5.98. The van der Waals surface area contributed by atoms with Crippen molar-refractivity contribution in [1.82, 2.24) is 14.9 Å². The molecule has 5 heteroatoms. The van der Waals surface area contributed by atoms with E-state index in [0.29, 0.717) is 12.1 Å². The Balaban J connectivity index is 1.85. The first-order valence-corrected chi connectivity index (χ1v) is 7.87. The summed E-state index contributed by atoms with van der Waals surface area (Å²) in [5.74, 6) is -0.120. The van der Waals surface area contributed by atoms with Gasteiger partial charge >= 0.3 is 0 Å². The second kappa shape index (κ2) is 7.10. The van der Waals surface area contributed by atoms with Gasteiger partial charge < -0.3 is 15.6 Å². The van der Waals surface area contributed by atoms with Crippen LogP contribution in [-0.4, -0.2) is 15.5 Å². The van der Waals surface area contributed by atoms with E-state index in [-0.39, 0.29) is 11.9 Å². The van der Waals surface area contributed by atoms with Gasteiger partial charge in [0.1, 0.15) is 0 Å². The minimum Gasteiger partial charge on any atom is -0.345 e. The van der Waals surface area contributed by atoms with Crippen LogP contribution in [0.25, 0.3) is 5.69 Å². The predicted molar refractivity (Wildman–Crippen MR) is 93.8 cm³/mol. The van der Waals surface area contributed by atoms with Gasteiger partial charge in [-0.2, -0.15) is 0 Å². The third kappa shape index (κ3) is 3.36. The summed E-state index contributed by atoms with van der Waals surface area (Å²) >= 11 is 0. The van der Waals surface area contributed by atoms with E-state index in [1.165, 1.54) is 0 Å². The summed E-state index contributed by atoms with van der Waals surface area (Å²) in [5.41, 5.74) is 8.84. The maximum absolute atomic E-state index is 12.7. The molecular formula is C19H20N4O. The Labute approximate surface area is 141 Å². The van der Waals surface area contributed by atoms with E-state index in [0.717, 1.165) is 16.9 Å². The van der Waals surface area contributed by atoms with Crippen LogP contribution in [0.1, 0.15) is 34.6 Å². The molecule has 0 spiro atoms. The number of hydrogen-bond acceptors (Lipinski definition) is 3. The van der Waals surface area contributed by atoms with Crippen molar-refractivity contribution in [3.8, 4) is 5.69 Å². The second-order valence-electron chi connectivity index (χ2n) is 5.60. The molecule has 3 N–H and O–H groups in total. The molecule has 2 aromatic carbocycles. The Morgan fingerprint density at radius 2 is 1.88 bits per heavy atom. The molecule has 5 nitrogen and oxygen atoms in total. The van der Waals surface area contributed by atoms with Gasteiger partial charge in [0.2, 0.25) is 0 Å². The molecule has 0 radical (unpaired) electrons. The first kappa shape index (κ1) is 16.0. The highest BCUT2D eigenvalue weighted by Crippen LogP contribution is 2.17. The van der Waals surface area contributed by atoms with Gasteiger partial charge in [0, 0.05) is 12.7 Å². The lowest BCUT2D eigenvalue weighted by Crippen LogP contribution is -2.27. The fraction of sp³-hybridized carbons (Fsp3) is 0.158. The summed E-state index contributed by atoms with van der Waals surface area (Å²) < 4.78 is 1.82. The molecule has 122 valence electrons. The number of carbonyl (C=O) groups is 1. The lowest BCUT2D eigenvalue weighted by molar-refractivity contribution is 0.0940. The molecule has 0 aliphatic heterocycles. The fourth-order valence-corrected chi connectivity index (χ4v) is 2.59. The number of imidazole rings is 1. The molecule has 1 atom stereocenters. The molecule has 0 fully saturated rings. The standard InChI is InChI=1S/C19H20N4O/c1-14(15-7-3-2-4-8-15)22-19(24)17-9-5-6-10-18(17)23-12-16(11-20)21-13-23/h2-10,12-14H,11,20H2,1H3,(H,22,24)/t14-/m1/s1. The molecule has 0 bridgehead atoms. The third-order valence-electron chi connectivity index (χ3n) is 3.92. The van der Waals surface area contributed by atoms with Crippen LogP contribution < -0.4 is 11.1 Å². The number of benzene rings is 2. The molecule has 0 saturated heterocycles. The van der Waals surface area contributed by atoms with Crippen molar-refractivity contribution in [2.75, 3.05) is 0 Å². The number of carbonyl (C=O) groups excluding carboxylic acids is 1. The van der Waals surface area contributed by atoms with Crippen LogP contribution in [0.2, 0.25) is 0 Å². The van der Waals surface area contributed by atoms with Gasteiger partial charge in [-0.15, -0.1) is 0 Å². The molecule has 1 amide bonds. The number of nitrogens with zero attached hydrogens (tertiary/aromatic N) is 2. The summed E-state index contributed by atoms with van der Waals surface area (Å²) in [6.07, 6.45) is 3.52. The highest BCUT2D eigenvalue weighted by atomic mass is 16.1. The summed E-state index contributed by atoms with van der Waals surface area (Å²) in [6.45, 7) is 2.34. The zero-order valence-electron chi connectivity index (χ0n) is 13.5. The molecule has 0 aliphatic carbocycles. The van der Waals surface area contributed by atoms with Gasteiger partial charge in [0.15, 0.2) is 0 Å². The molecule has 3 aromatic rings. The number of para-hydroxylation sites is 1. The number of nitrogens with one attached hydrogen (secondary N) is 1. The SMILES string of the molecule is C[C@@H](NC(=O)c1ccccc1-n1cnc(CN)c1)c1ccccc1. The smallest absolute Gasteiger partial charge is 0.253 e. The van der Waals surface area contributed by atoms with E-state index in [2.05, 4.69) is 10.3 Å². The first-order chi connectivity index (χ1) is 11.7. The average molecular weight is 320 g/mol. The Morgan fingerprint density at radius 3 is 2.58 bits per heavy atom. The van der Waals surface area contributed by atoms with Crippen molar-refractivity contribution in [3.05, 3.63) is 83.9 Å². The van der Waals surface area contributed by atoms with Gasteiger partial charge in [-0.3, -0.25) is 4.79 Å². The van der Waals surface area contributed by atoms with Gasteiger partial charge in [0.25, 0.3) is 5.91 Å². The fourth-order valence-electron chi connectivity index (χ4n) is 2.59. The van der Waals surface area contributed by atoms with Crippen LogP contribution >= 0.6 is 0 Å². The minimum absolute atomic E-state index is 0.0749. The summed E-state index contributed by atoms with van der Waals surface area (Å²) in [5, 5.41) is 3.05. The van der Waals surface area contributed by atoms with Gasteiger partial charge in [-0.25, -0.2) is 4.98 Å². The van der Waals surface area contributed by atoms with E-state index in [1.807, 2.05) is 72.3 Å². The van der Waals surface area contributed by atoms with Gasteiger partial charge in [-0.05, 0) is 24.6 Å². The number of rotatable bonds is 5. The molecule has 0 unspecified atom stereocenters. The highest BCUT2D eigenvalue weighted by Gasteiger charge is 2.15. The maximum atomic E-state index is 12.7. The largest absolute Gasteiger partial charge is 0.345 e. The van der Waals surface area contributed by atoms with Crippen LogP contribution in [-0.2, 0) is 6.54 Å². The van der Waals surface area contributed by atoms with Crippen LogP contribution in [0.15, 0.2) is 67.1 Å². The molecule has 3 rings (SSSR count). The van der Waals surface area contributed by atoms with Crippen molar-refractivity contribution < 1.29 is 4.79 Å². The van der Waals surface area contributed by atoms with Crippen LogP contribution in [0, 0.1) is 0 Å². The van der Waals surface area contributed by atoms with E-state index in [4.69, 9.17) is 5.73 Å². The van der Waals surface area contributed by atoms with E-state index in [9.17, 15) is 4.79 Å². The topological polar surface area (TPSA) is 72.9 Å². The third-order valence-corrected chi connectivity index (χ3v) is 3.92. The zero-order chi connectivity index (χ0) is 16.9. The Morgan fingerprint density at radius 1 is 1.17 bits per heavy atom. The zero-order valence-corrected chi connectivity index (χ0v) is 13.5. The van der Waals surface area contributed by atoms with Crippen LogP contribution in [0.3, 0.4) is 0 Å². The lowest BCUT2D eigenvalue weighted by Gasteiger charge is -2.16. The van der Waals surface area contributed by atoms with E-state index in [1.54, 1.807) is 6.33 Å². The Kier molecular flexibility index (Phi) is 4.72.